The minimum atomic E-state index is -1.13. The Morgan fingerprint density at radius 3 is 1.77 bits per heavy atom. The predicted molar refractivity (Wildman–Crippen MR) is 116 cm³/mol. The van der Waals surface area contributed by atoms with Gasteiger partial charge in [-0.1, -0.05) is 54.4 Å². The minimum absolute atomic E-state index is 0.147. The number of primary amides is 1. The van der Waals surface area contributed by atoms with Crippen LogP contribution in [0.3, 0.4) is 0 Å². The van der Waals surface area contributed by atoms with Crippen molar-refractivity contribution in [3.05, 3.63) is 0 Å². The predicted octanol–water partition coefficient (Wildman–Crippen LogP) is 1.02. The van der Waals surface area contributed by atoms with E-state index >= 15 is 0 Å². The molecule has 0 spiro atoms. The van der Waals surface area contributed by atoms with Crippen LogP contribution in [0.1, 0.15) is 67.2 Å². The van der Waals surface area contributed by atoms with Crippen LogP contribution < -0.4 is 21.7 Å². The lowest BCUT2D eigenvalue weighted by molar-refractivity contribution is -0.139. The molecular formula is C21H38N4O6. The second kappa shape index (κ2) is 14.4. The number of Topliss-reactive ketones (excluding diaryl/α,β-unsaturated/α-hetero) is 1. The monoisotopic (exact) mass is 442 g/mol. The van der Waals surface area contributed by atoms with Crippen LogP contribution in [0.25, 0.3) is 0 Å². The van der Waals surface area contributed by atoms with Crippen molar-refractivity contribution in [2.45, 2.75) is 85.4 Å². The smallest absolute Gasteiger partial charge is 0.407 e. The van der Waals surface area contributed by atoms with Gasteiger partial charge < -0.3 is 26.4 Å². The van der Waals surface area contributed by atoms with Crippen LogP contribution in [0, 0.1) is 11.8 Å². The van der Waals surface area contributed by atoms with Crippen molar-refractivity contribution in [2.75, 3.05) is 6.61 Å². The van der Waals surface area contributed by atoms with Gasteiger partial charge in [-0.3, -0.25) is 19.2 Å². The SMILES string of the molecule is CCCC(NC(=O)[C@@H](NC(=O)OCC(C)C)C(C)C)C(=O)NC(CCC)C(=O)C(N)=O. The van der Waals surface area contributed by atoms with E-state index in [4.69, 9.17) is 10.5 Å². The summed E-state index contributed by atoms with van der Waals surface area (Å²) in [7, 11) is 0. The number of amides is 4. The first-order chi connectivity index (χ1) is 14.4. The number of hydrogen-bond acceptors (Lipinski definition) is 6. The largest absolute Gasteiger partial charge is 0.449 e. The third-order valence-electron chi connectivity index (χ3n) is 4.43. The summed E-state index contributed by atoms with van der Waals surface area (Å²) in [5.74, 6) is -3.26. The molecule has 178 valence electrons. The van der Waals surface area contributed by atoms with E-state index < -0.39 is 47.7 Å². The fourth-order valence-electron chi connectivity index (χ4n) is 2.77. The Labute approximate surface area is 184 Å². The highest BCUT2D eigenvalue weighted by atomic mass is 16.5. The highest BCUT2D eigenvalue weighted by Gasteiger charge is 2.31. The lowest BCUT2D eigenvalue weighted by Crippen LogP contribution is -2.57. The standard InChI is InChI=1S/C21H38N4O6/c1-7-9-14(17(26)18(22)27)23-19(28)15(10-8-2)24-20(29)16(13(5)6)25-21(30)31-11-12(3)4/h12-16H,7-11H2,1-6H3,(H2,22,27)(H,23,28)(H,24,29)(H,25,30)/t14?,15?,16-/m0/s1. The van der Waals surface area contributed by atoms with Gasteiger partial charge >= 0.3 is 6.09 Å². The van der Waals surface area contributed by atoms with Crippen LogP contribution in [0.2, 0.25) is 0 Å². The van der Waals surface area contributed by atoms with Crippen molar-refractivity contribution in [3.8, 4) is 0 Å². The van der Waals surface area contributed by atoms with Gasteiger partial charge in [0.15, 0.2) is 0 Å². The average Bonchev–Trinajstić information content (AvgIpc) is 2.68. The van der Waals surface area contributed by atoms with Crippen molar-refractivity contribution < 1.29 is 28.7 Å². The van der Waals surface area contributed by atoms with E-state index in [1.807, 2.05) is 20.8 Å². The molecule has 4 amide bonds. The number of ketones is 1. The molecule has 0 aliphatic heterocycles. The van der Waals surface area contributed by atoms with Gasteiger partial charge in [-0.15, -0.1) is 0 Å². The molecule has 0 aliphatic rings. The number of alkyl carbamates (subject to hydrolysis) is 1. The summed E-state index contributed by atoms with van der Waals surface area (Å²) in [6.07, 6.45) is 0.972. The molecule has 0 aromatic rings. The third kappa shape index (κ3) is 10.8. The number of nitrogens with two attached hydrogens (primary N) is 1. The number of carbonyl (C=O) groups is 5. The molecule has 0 aromatic heterocycles. The average molecular weight is 443 g/mol. The number of ether oxygens (including phenoxy) is 1. The summed E-state index contributed by atoms with van der Waals surface area (Å²) >= 11 is 0. The van der Waals surface area contributed by atoms with E-state index in [-0.39, 0.29) is 24.9 Å². The number of carbonyl (C=O) groups excluding carboxylic acids is 5. The van der Waals surface area contributed by atoms with Crippen molar-refractivity contribution in [1.82, 2.24) is 16.0 Å². The van der Waals surface area contributed by atoms with Crippen LogP contribution in [0.15, 0.2) is 0 Å². The van der Waals surface area contributed by atoms with Crippen LogP contribution in [-0.4, -0.2) is 54.3 Å². The first-order valence-electron chi connectivity index (χ1n) is 10.8. The Kier molecular flexibility index (Phi) is 13.1. The molecule has 0 bridgehead atoms. The maximum atomic E-state index is 12.8. The topological polar surface area (TPSA) is 157 Å². The Hall–Kier alpha value is -2.65. The third-order valence-corrected chi connectivity index (χ3v) is 4.43. The molecule has 0 rings (SSSR count). The van der Waals surface area contributed by atoms with Crippen molar-refractivity contribution in [2.24, 2.45) is 17.6 Å². The van der Waals surface area contributed by atoms with E-state index in [2.05, 4.69) is 16.0 Å². The lowest BCUT2D eigenvalue weighted by Gasteiger charge is -2.26. The molecule has 0 heterocycles. The summed E-state index contributed by atoms with van der Waals surface area (Å²) in [4.78, 5) is 60.7. The fourth-order valence-corrected chi connectivity index (χ4v) is 2.77. The van der Waals surface area contributed by atoms with Gasteiger partial charge in [0, 0.05) is 0 Å². The van der Waals surface area contributed by atoms with Crippen molar-refractivity contribution in [1.29, 1.82) is 0 Å². The maximum Gasteiger partial charge on any atom is 0.407 e. The van der Waals surface area contributed by atoms with Crippen LogP contribution in [0.5, 0.6) is 0 Å². The zero-order valence-corrected chi connectivity index (χ0v) is 19.4. The van der Waals surface area contributed by atoms with Gasteiger partial charge in [-0.2, -0.15) is 0 Å². The quantitative estimate of drug-likeness (QED) is 0.294. The number of hydrogen-bond donors (Lipinski definition) is 4. The second-order valence-corrected chi connectivity index (χ2v) is 8.29. The molecule has 2 unspecified atom stereocenters. The minimum Gasteiger partial charge on any atom is -0.449 e. The van der Waals surface area contributed by atoms with Gasteiger partial charge in [0.25, 0.3) is 5.91 Å². The molecule has 0 fully saturated rings. The summed E-state index contributed by atoms with van der Waals surface area (Å²) in [6.45, 7) is 11.1. The van der Waals surface area contributed by atoms with Gasteiger partial charge in [0.2, 0.25) is 17.6 Å². The highest BCUT2D eigenvalue weighted by Crippen LogP contribution is 2.07. The van der Waals surface area contributed by atoms with E-state index in [1.54, 1.807) is 20.8 Å². The number of rotatable bonds is 14. The first-order valence-corrected chi connectivity index (χ1v) is 10.8. The summed E-state index contributed by atoms with van der Waals surface area (Å²) in [5.41, 5.74) is 5.06. The molecular weight excluding hydrogens is 404 g/mol. The highest BCUT2D eigenvalue weighted by molar-refractivity contribution is 6.37. The molecule has 0 saturated carbocycles. The molecule has 5 N–H and O–H groups in total. The molecule has 3 atom stereocenters. The molecule has 0 radical (unpaired) electrons. The Balaban J connectivity index is 5.26. The van der Waals surface area contributed by atoms with E-state index in [0.29, 0.717) is 19.3 Å². The van der Waals surface area contributed by atoms with Crippen LogP contribution in [0.4, 0.5) is 4.79 Å². The Bertz CT molecular complexity index is 635. The summed E-state index contributed by atoms with van der Waals surface area (Å²) in [6, 6.07) is -2.89. The lowest BCUT2D eigenvalue weighted by atomic mass is 10.0. The normalized spacial score (nSPS) is 13.8. The van der Waals surface area contributed by atoms with E-state index in [1.165, 1.54) is 0 Å². The second-order valence-electron chi connectivity index (χ2n) is 8.29. The zero-order chi connectivity index (χ0) is 24.1. The molecule has 31 heavy (non-hydrogen) atoms. The first kappa shape index (κ1) is 28.4. The van der Waals surface area contributed by atoms with Crippen LogP contribution >= 0.6 is 0 Å². The van der Waals surface area contributed by atoms with Crippen molar-refractivity contribution >= 4 is 29.6 Å². The summed E-state index contributed by atoms with van der Waals surface area (Å²) < 4.78 is 5.07. The van der Waals surface area contributed by atoms with Gasteiger partial charge in [0.1, 0.15) is 12.1 Å². The maximum absolute atomic E-state index is 12.8. The van der Waals surface area contributed by atoms with E-state index in [0.717, 1.165) is 0 Å². The van der Waals surface area contributed by atoms with Gasteiger partial charge in [-0.05, 0) is 24.7 Å². The Morgan fingerprint density at radius 1 is 0.806 bits per heavy atom. The van der Waals surface area contributed by atoms with Gasteiger partial charge in [0.05, 0.1) is 12.6 Å². The molecule has 10 heteroatoms. The van der Waals surface area contributed by atoms with Gasteiger partial charge in [-0.25, -0.2) is 4.79 Å². The summed E-state index contributed by atoms with van der Waals surface area (Å²) in [5, 5.41) is 7.68. The zero-order valence-electron chi connectivity index (χ0n) is 19.4. The fraction of sp³-hybridized carbons (Fsp3) is 0.762. The molecule has 0 aromatic carbocycles. The Morgan fingerprint density at radius 2 is 1.32 bits per heavy atom. The van der Waals surface area contributed by atoms with Crippen molar-refractivity contribution in [3.63, 3.8) is 0 Å². The molecule has 0 aliphatic carbocycles. The number of nitrogens with one attached hydrogen (secondary N) is 3. The molecule has 0 saturated heterocycles. The van der Waals surface area contributed by atoms with E-state index in [9.17, 15) is 24.0 Å². The molecule has 10 nitrogen and oxygen atoms in total. The van der Waals surface area contributed by atoms with Crippen LogP contribution in [-0.2, 0) is 23.9 Å².